The number of rotatable bonds is 2. The maximum Gasteiger partial charge on any atom is 0.347 e. The lowest BCUT2D eigenvalue weighted by Gasteiger charge is -2.03. The molecule has 17 heavy (non-hydrogen) atoms. The van der Waals surface area contributed by atoms with Gasteiger partial charge in [0, 0.05) is 0 Å². The molecule has 0 atom stereocenters. The fourth-order valence-electron chi connectivity index (χ4n) is 1.42. The Morgan fingerprint density at radius 1 is 1.41 bits per heavy atom. The fourth-order valence-corrected chi connectivity index (χ4v) is 1.42. The smallest absolute Gasteiger partial charge is 0.347 e. The lowest BCUT2D eigenvalue weighted by Crippen LogP contribution is -2.11. The lowest BCUT2D eigenvalue weighted by atomic mass is 10.3. The number of benzene rings is 1. The number of nitrogens with one attached hydrogen (secondary N) is 1. The van der Waals surface area contributed by atoms with E-state index in [0.29, 0.717) is 0 Å². The molecule has 1 heterocycles. The molecule has 0 fully saturated rings. The first-order valence-electron chi connectivity index (χ1n) is 4.54. The minimum Gasteiger partial charge on any atom is -0.493 e. The molecule has 2 aromatic rings. The summed E-state index contributed by atoms with van der Waals surface area (Å²) in [5.41, 5.74) is -1.62. The molecule has 6 nitrogen and oxygen atoms in total. The van der Waals surface area contributed by atoms with E-state index in [9.17, 15) is 19.1 Å². The second kappa shape index (κ2) is 3.78. The zero-order chi connectivity index (χ0) is 12.6. The number of carboxylic acid groups (broad SMARTS) is 1. The number of aromatic carboxylic acids is 1. The summed E-state index contributed by atoms with van der Waals surface area (Å²) in [4.78, 5) is 21.9. The van der Waals surface area contributed by atoms with Crippen molar-refractivity contribution in [2.75, 3.05) is 0 Å². The Balaban J connectivity index is 2.66. The van der Waals surface area contributed by atoms with Gasteiger partial charge < -0.3 is 10.2 Å². The van der Waals surface area contributed by atoms with Crippen LogP contribution >= 0.6 is 0 Å². The highest BCUT2D eigenvalue weighted by Gasteiger charge is 2.21. The molecule has 0 amide bonds. The molecule has 0 bridgehead atoms. The summed E-state index contributed by atoms with van der Waals surface area (Å²) in [5.74, 6) is -2.90. The van der Waals surface area contributed by atoms with E-state index in [1.54, 1.807) is 0 Å². The standard InChI is InChI=1S/C10H7FN2O4/c11-5-2-1-3-6(4-5)13-9(15)7(10(16)17)8(14)12-13/h1-4,15H,(H,12,14)(H,16,17). The number of aromatic hydroxyl groups is 1. The first-order valence-corrected chi connectivity index (χ1v) is 4.54. The highest BCUT2D eigenvalue weighted by molar-refractivity contribution is 5.89. The molecule has 0 radical (unpaired) electrons. The van der Waals surface area contributed by atoms with Crippen LogP contribution in [0.1, 0.15) is 10.4 Å². The summed E-state index contributed by atoms with van der Waals surface area (Å²) < 4.78 is 13.7. The number of aromatic nitrogens is 2. The van der Waals surface area contributed by atoms with Gasteiger partial charge in [-0.1, -0.05) is 6.07 Å². The maximum atomic E-state index is 12.9. The average molecular weight is 238 g/mol. The van der Waals surface area contributed by atoms with Crippen molar-refractivity contribution in [2.24, 2.45) is 0 Å². The van der Waals surface area contributed by atoms with Crippen molar-refractivity contribution in [1.29, 1.82) is 0 Å². The summed E-state index contributed by atoms with van der Waals surface area (Å²) in [5, 5.41) is 20.3. The second-order valence-corrected chi connectivity index (χ2v) is 3.26. The SMILES string of the molecule is O=C(O)c1c(O)n(-c2cccc(F)c2)[nH]c1=O. The lowest BCUT2D eigenvalue weighted by molar-refractivity contribution is 0.0692. The van der Waals surface area contributed by atoms with Crippen LogP contribution in [0, 0.1) is 5.82 Å². The van der Waals surface area contributed by atoms with Crippen molar-refractivity contribution < 1.29 is 19.4 Å². The van der Waals surface area contributed by atoms with Crippen molar-refractivity contribution in [3.8, 4) is 11.6 Å². The molecule has 0 spiro atoms. The molecule has 2 rings (SSSR count). The first kappa shape index (κ1) is 10.9. The summed E-state index contributed by atoms with van der Waals surface area (Å²) in [7, 11) is 0. The van der Waals surface area contributed by atoms with E-state index in [4.69, 9.17) is 5.11 Å². The van der Waals surface area contributed by atoms with Crippen molar-refractivity contribution in [2.45, 2.75) is 0 Å². The van der Waals surface area contributed by atoms with Crippen LogP contribution in [0.4, 0.5) is 4.39 Å². The van der Waals surface area contributed by atoms with Crippen LogP contribution in [-0.4, -0.2) is 26.0 Å². The largest absolute Gasteiger partial charge is 0.493 e. The summed E-state index contributed by atoms with van der Waals surface area (Å²) in [6, 6.07) is 4.99. The van der Waals surface area contributed by atoms with Crippen LogP contribution in [0.15, 0.2) is 29.1 Å². The zero-order valence-electron chi connectivity index (χ0n) is 8.35. The van der Waals surface area contributed by atoms with Gasteiger partial charge in [0.2, 0.25) is 5.88 Å². The molecular formula is C10H7FN2O4. The van der Waals surface area contributed by atoms with E-state index >= 15 is 0 Å². The molecule has 0 saturated carbocycles. The van der Waals surface area contributed by atoms with Crippen LogP contribution < -0.4 is 5.56 Å². The number of hydrogen-bond acceptors (Lipinski definition) is 3. The van der Waals surface area contributed by atoms with Gasteiger partial charge in [0.15, 0.2) is 5.56 Å². The monoisotopic (exact) mass is 238 g/mol. The third-order valence-corrected chi connectivity index (χ3v) is 2.16. The van der Waals surface area contributed by atoms with Crippen LogP contribution in [0.5, 0.6) is 5.88 Å². The normalized spacial score (nSPS) is 10.4. The molecule has 0 aliphatic rings. The number of aromatic amines is 1. The van der Waals surface area contributed by atoms with Gasteiger partial charge in [-0.2, -0.15) is 0 Å². The molecule has 0 aliphatic heterocycles. The number of carbonyl (C=O) groups is 1. The number of nitrogens with zero attached hydrogens (tertiary/aromatic N) is 1. The van der Waals surface area contributed by atoms with Crippen LogP contribution in [0.25, 0.3) is 5.69 Å². The van der Waals surface area contributed by atoms with Gasteiger partial charge in [-0.25, -0.2) is 13.9 Å². The Morgan fingerprint density at radius 3 is 2.65 bits per heavy atom. The molecule has 88 valence electrons. The number of H-pyrrole nitrogens is 1. The molecule has 0 aliphatic carbocycles. The molecule has 1 aromatic carbocycles. The summed E-state index contributed by atoms with van der Waals surface area (Å²) in [6.07, 6.45) is 0. The second-order valence-electron chi connectivity index (χ2n) is 3.26. The van der Waals surface area contributed by atoms with Crippen molar-refractivity contribution in [3.63, 3.8) is 0 Å². The number of carboxylic acids is 1. The van der Waals surface area contributed by atoms with Crippen molar-refractivity contribution >= 4 is 5.97 Å². The fraction of sp³-hybridized carbons (Fsp3) is 0. The Kier molecular flexibility index (Phi) is 2.43. The quantitative estimate of drug-likeness (QED) is 0.717. The molecule has 1 aromatic heterocycles. The minimum absolute atomic E-state index is 0.118. The topological polar surface area (TPSA) is 95.3 Å². The molecule has 0 unspecified atom stereocenters. The van der Waals surface area contributed by atoms with Crippen LogP contribution in [0.3, 0.4) is 0 Å². The minimum atomic E-state index is -1.56. The van der Waals surface area contributed by atoms with E-state index < -0.39 is 28.8 Å². The van der Waals surface area contributed by atoms with Gasteiger partial charge in [-0.3, -0.25) is 9.89 Å². The summed E-state index contributed by atoms with van der Waals surface area (Å²) >= 11 is 0. The van der Waals surface area contributed by atoms with Gasteiger partial charge >= 0.3 is 5.97 Å². The first-order chi connectivity index (χ1) is 8.00. The predicted octanol–water partition coefficient (Wildman–Crippen LogP) is 0.708. The molecular weight excluding hydrogens is 231 g/mol. The van der Waals surface area contributed by atoms with Gasteiger partial charge in [-0.05, 0) is 18.2 Å². The summed E-state index contributed by atoms with van der Waals surface area (Å²) in [6.45, 7) is 0. The predicted molar refractivity (Wildman–Crippen MR) is 55.0 cm³/mol. The van der Waals surface area contributed by atoms with E-state index in [1.165, 1.54) is 18.2 Å². The van der Waals surface area contributed by atoms with E-state index in [2.05, 4.69) is 5.10 Å². The van der Waals surface area contributed by atoms with Crippen molar-refractivity contribution in [3.05, 3.63) is 46.0 Å². The van der Waals surface area contributed by atoms with E-state index in [0.717, 1.165) is 10.7 Å². The van der Waals surface area contributed by atoms with Gasteiger partial charge in [0.25, 0.3) is 5.56 Å². The van der Waals surface area contributed by atoms with Crippen LogP contribution in [-0.2, 0) is 0 Å². The van der Waals surface area contributed by atoms with Crippen molar-refractivity contribution in [1.82, 2.24) is 9.78 Å². The van der Waals surface area contributed by atoms with E-state index in [-0.39, 0.29) is 5.69 Å². The number of hydrogen-bond donors (Lipinski definition) is 3. The average Bonchev–Trinajstić information content (AvgIpc) is 2.54. The highest BCUT2D eigenvalue weighted by atomic mass is 19.1. The molecule has 0 saturated heterocycles. The van der Waals surface area contributed by atoms with E-state index in [1.807, 2.05) is 0 Å². The van der Waals surface area contributed by atoms with Gasteiger partial charge in [0.1, 0.15) is 5.82 Å². The molecule has 3 N–H and O–H groups in total. The molecule has 7 heteroatoms. The Bertz CT molecular complexity index is 644. The highest BCUT2D eigenvalue weighted by Crippen LogP contribution is 2.18. The zero-order valence-corrected chi connectivity index (χ0v) is 8.35. The van der Waals surface area contributed by atoms with Crippen LogP contribution in [0.2, 0.25) is 0 Å². The Labute approximate surface area is 93.5 Å². The third-order valence-electron chi connectivity index (χ3n) is 2.16. The Hall–Kier alpha value is -2.57. The number of halogens is 1. The Morgan fingerprint density at radius 2 is 2.12 bits per heavy atom. The third kappa shape index (κ3) is 1.78. The maximum absolute atomic E-state index is 12.9. The van der Waals surface area contributed by atoms with Gasteiger partial charge in [0.05, 0.1) is 5.69 Å². The van der Waals surface area contributed by atoms with Gasteiger partial charge in [-0.15, -0.1) is 0 Å².